The van der Waals surface area contributed by atoms with Gasteiger partial charge in [-0.2, -0.15) is 0 Å². The number of anilines is 1. The van der Waals surface area contributed by atoms with Gasteiger partial charge in [-0.1, -0.05) is 35.3 Å². The van der Waals surface area contributed by atoms with Crippen molar-refractivity contribution in [3.05, 3.63) is 64.3 Å². The molecule has 3 rings (SSSR count). The molecular formula is C15H10Cl2N2O. The average Bonchev–Trinajstić information content (AvgIpc) is 2.91. The summed E-state index contributed by atoms with van der Waals surface area (Å²) in [5.74, 6) is -0.245. The smallest absolute Gasteiger partial charge is 0.256 e. The number of halogens is 2. The lowest BCUT2D eigenvalue weighted by Gasteiger charge is -2.09. The van der Waals surface area contributed by atoms with Crippen LogP contribution in [-0.2, 0) is 0 Å². The number of amides is 1. The van der Waals surface area contributed by atoms with E-state index in [1.54, 1.807) is 30.5 Å². The lowest BCUT2D eigenvalue weighted by molar-refractivity contribution is 0.102. The Bertz CT molecular complexity index is 775. The highest BCUT2D eigenvalue weighted by Gasteiger charge is 2.14. The second kappa shape index (κ2) is 5.19. The van der Waals surface area contributed by atoms with Crippen LogP contribution in [0.15, 0.2) is 48.7 Å². The summed E-state index contributed by atoms with van der Waals surface area (Å²) in [4.78, 5) is 15.5. The van der Waals surface area contributed by atoms with E-state index in [0.717, 1.165) is 10.9 Å². The Morgan fingerprint density at radius 1 is 1.00 bits per heavy atom. The zero-order valence-corrected chi connectivity index (χ0v) is 11.8. The molecule has 0 aliphatic heterocycles. The van der Waals surface area contributed by atoms with Gasteiger partial charge in [-0.25, -0.2) is 0 Å². The van der Waals surface area contributed by atoms with Crippen LogP contribution in [0.25, 0.3) is 10.9 Å². The predicted octanol–water partition coefficient (Wildman–Crippen LogP) is 4.73. The van der Waals surface area contributed by atoms with Crippen LogP contribution < -0.4 is 5.32 Å². The standard InChI is InChI=1S/C15H10Cl2N2O/c16-11-4-2-5-12(17)14(11)19-15(20)10-3-1-6-13-9(10)7-8-18-13/h1-8,18H,(H,19,20). The summed E-state index contributed by atoms with van der Waals surface area (Å²) in [5.41, 5.74) is 1.90. The van der Waals surface area contributed by atoms with Gasteiger partial charge in [0.2, 0.25) is 0 Å². The normalized spacial score (nSPS) is 10.7. The first-order valence-electron chi connectivity index (χ1n) is 5.98. The average molecular weight is 305 g/mol. The summed E-state index contributed by atoms with van der Waals surface area (Å²) in [6.07, 6.45) is 1.80. The zero-order valence-electron chi connectivity index (χ0n) is 10.3. The van der Waals surface area contributed by atoms with E-state index in [0.29, 0.717) is 21.3 Å². The highest BCUT2D eigenvalue weighted by Crippen LogP contribution is 2.30. The van der Waals surface area contributed by atoms with Crippen LogP contribution in [0.2, 0.25) is 10.0 Å². The van der Waals surface area contributed by atoms with Crippen molar-refractivity contribution in [1.82, 2.24) is 4.98 Å². The van der Waals surface area contributed by atoms with Crippen LogP contribution >= 0.6 is 23.2 Å². The van der Waals surface area contributed by atoms with Crippen LogP contribution in [0.4, 0.5) is 5.69 Å². The second-order valence-corrected chi connectivity index (χ2v) is 5.11. The molecule has 0 aliphatic rings. The highest BCUT2D eigenvalue weighted by atomic mass is 35.5. The first-order valence-corrected chi connectivity index (χ1v) is 6.74. The van der Waals surface area contributed by atoms with E-state index in [1.165, 1.54) is 0 Å². The molecule has 0 saturated heterocycles. The number of rotatable bonds is 2. The van der Waals surface area contributed by atoms with Crippen molar-refractivity contribution in [2.75, 3.05) is 5.32 Å². The van der Waals surface area contributed by atoms with E-state index >= 15 is 0 Å². The minimum absolute atomic E-state index is 0.245. The molecule has 0 bridgehead atoms. The summed E-state index contributed by atoms with van der Waals surface area (Å²) in [5, 5.41) is 4.43. The van der Waals surface area contributed by atoms with Gasteiger partial charge in [-0.05, 0) is 30.3 Å². The molecule has 0 spiro atoms. The molecule has 20 heavy (non-hydrogen) atoms. The van der Waals surface area contributed by atoms with E-state index in [9.17, 15) is 4.79 Å². The SMILES string of the molecule is O=C(Nc1c(Cl)cccc1Cl)c1cccc2[nH]ccc12. The number of aromatic nitrogens is 1. The molecule has 2 N–H and O–H groups in total. The first-order chi connectivity index (χ1) is 9.66. The van der Waals surface area contributed by atoms with Gasteiger partial charge < -0.3 is 10.3 Å². The number of nitrogens with one attached hydrogen (secondary N) is 2. The number of fused-ring (bicyclic) bond motifs is 1. The van der Waals surface area contributed by atoms with Crippen LogP contribution in [0.1, 0.15) is 10.4 Å². The topological polar surface area (TPSA) is 44.9 Å². The maximum atomic E-state index is 12.4. The van der Waals surface area contributed by atoms with Gasteiger partial charge in [-0.3, -0.25) is 4.79 Å². The number of hydrogen-bond acceptors (Lipinski definition) is 1. The summed E-state index contributed by atoms with van der Waals surface area (Å²) < 4.78 is 0. The number of hydrogen-bond donors (Lipinski definition) is 2. The number of para-hydroxylation sites is 1. The van der Waals surface area contributed by atoms with Crippen LogP contribution in [0.5, 0.6) is 0 Å². The minimum Gasteiger partial charge on any atom is -0.361 e. The number of H-pyrrole nitrogens is 1. The molecule has 0 aliphatic carbocycles. The summed E-state index contributed by atoms with van der Waals surface area (Å²) in [6, 6.07) is 12.4. The van der Waals surface area contributed by atoms with Crippen molar-refractivity contribution in [2.24, 2.45) is 0 Å². The van der Waals surface area contributed by atoms with Crippen molar-refractivity contribution >= 4 is 45.7 Å². The van der Waals surface area contributed by atoms with Crippen molar-refractivity contribution < 1.29 is 4.79 Å². The highest BCUT2D eigenvalue weighted by molar-refractivity contribution is 6.40. The van der Waals surface area contributed by atoms with Crippen LogP contribution in [-0.4, -0.2) is 10.9 Å². The Morgan fingerprint density at radius 3 is 2.45 bits per heavy atom. The van der Waals surface area contributed by atoms with Crippen LogP contribution in [0.3, 0.4) is 0 Å². The lowest BCUT2D eigenvalue weighted by Crippen LogP contribution is -2.12. The molecule has 0 fully saturated rings. The van der Waals surface area contributed by atoms with E-state index in [4.69, 9.17) is 23.2 Å². The van der Waals surface area contributed by atoms with Gasteiger partial charge >= 0.3 is 0 Å². The van der Waals surface area contributed by atoms with Crippen molar-refractivity contribution in [2.45, 2.75) is 0 Å². The molecule has 2 aromatic carbocycles. The largest absolute Gasteiger partial charge is 0.361 e. The quantitative estimate of drug-likeness (QED) is 0.706. The predicted molar refractivity (Wildman–Crippen MR) is 82.7 cm³/mol. The molecule has 0 saturated carbocycles. The van der Waals surface area contributed by atoms with Crippen LogP contribution in [0, 0.1) is 0 Å². The maximum absolute atomic E-state index is 12.4. The Balaban J connectivity index is 2.00. The second-order valence-electron chi connectivity index (χ2n) is 4.30. The molecule has 5 heteroatoms. The summed E-state index contributed by atoms with van der Waals surface area (Å²) in [7, 11) is 0. The number of carbonyl (C=O) groups is 1. The van der Waals surface area contributed by atoms with Gasteiger partial charge in [0.1, 0.15) is 0 Å². The third-order valence-corrected chi connectivity index (χ3v) is 3.67. The number of carbonyl (C=O) groups excluding carboxylic acids is 1. The molecule has 0 radical (unpaired) electrons. The zero-order chi connectivity index (χ0) is 14.1. The van der Waals surface area contributed by atoms with E-state index in [1.807, 2.05) is 18.2 Å². The molecule has 3 aromatic rings. The van der Waals surface area contributed by atoms with Crippen molar-refractivity contribution in [1.29, 1.82) is 0 Å². The van der Waals surface area contributed by atoms with E-state index < -0.39 is 0 Å². The molecule has 1 amide bonds. The van der Waals surface area contributed by atoms with Gasteiger partial charge in [0.25, 0.3) is 5.91 Å². The Kier molecular flexibility index (Phi) is 3.38. The maximum Gasteiger partial charge on any atom is 0.256 e. The third-order valence-electron chi connectivity index (χ3n) is 3.04. The van der Waals surface area contributed by atoms with Gasteiger partial charge in [0.05, 0.1) is 15.7 Å². The molecule has 0 atom stereocenters. The fourth-order valence-corrected chi connectivity index (χ4v) is 2.57. The molecular weight excluding hydrogens is 295 g/mol. The Labute approximate surface area is 125 Å². The van der Waals surface area contributed by atoms with Gasteiger partial charge in [0, 0.05) is 22.7 Å². The summed E-state index contributed by atoms with van der Waals surface area (Å²) in [6.45, 7) is 0. The fourth-order valence-electron chi connectivity index (χ4n) is 2.08. The molecule has 0 unspecified atom stereocenters. The van der Waals surface area contributed by atoms with Gasteiger partial charge in [0.15, 0.2) is 0 Å². The molecule has 3 nitrogen and oxygen atoms in total. The van der Waals surface area contributed by atoms with Crippen molar-refractivity contribution in [3.8, 4) is 0 Å². The Morgan fingerprint density at radius 2 is 1.70 bits per heavy atom. The van der Waals surface area contributed by atoms with E-state index in [2.05, 4.69) is 10.3 Å². The lowest BCUT2D eigenvalue weighted by atomic mass is 10.1. The molecule has 1 aromatic heterocycles. The Hall–Kier alpha value is -1.97. The summed E-state index contributed by atoms with van der Waals surface area (Å²) >= 11 is 12.1. The monoisotopic (exact) mass is 304 g/mol. The third kappa shape index (κ3) is 2.26. The molecule has 100 valence electrons. The number of benzene rings is 2. The first kappa shape index (κ1) is 13.0. The minimum atomic E-state index is -0.245. The molecule has 1 heterocycles. The van der Waals surface area contributed by atoms with Gasteiger partial charge in [-0.15, -0.1) is 0 Å². The fraction of sp³-hybridized carbons (Fsp3) is 0. The van der Waals surface area contributed by atoms with E-state index in [-0.39, 0.29) is 5.91 Å². The number of aromatic amines is 1. The van der Waals surface area contributed by atoms with Crippen molar-refractivity contribution in [3.63, 3.8) is 0 Å².